The van der Waals surface area contributed by atoms with Crippen molar-refractivity contribution in [1.82, 2.24) is 14.7 Å². The lowest BCUT2D eigenvalue weighted by molar-refractivity contribution is -0.135. The van der Waals surface area contributed by atoms with Crippen molar-refractivity contribution in [3.8, 4) is 0 Å². The molecule has 1 saturated heterocycles. The number of nitrogens with zero attached hydrogens (tertiary/aromatic N) is 3. The summed E-state index contributed by atoms with van der Waals surface area (Å²) in [4.78, 5) is 33.3. The Morgan fingerprint density at radius 1 is 1.08 bits per heavy atom. The van der Waals surface area contributed by atoms with Crippen molar-refractivity contribution < 1.29 is 9.59 Å². The molecule has 2 aliphatic rings. The Morgan fingerprint density at radius 2 is 1.88 bits per heavy atom. The van der Waals surface area contributed by atoms with E-state index in [0.717, 1.165) is 26.1 Å². The molecule has 0 aliphatic carbocycles. The number of hydrogen-bond donors (Lipinski definition) is 0. The van der Waals surface area contributed by atoms with Gasteiger partial charge in [-0.25, -0.2) is 0 Å². The number of amides is 2. The van der Waals surface area contributed by atoms with Crippen LogP contribution in [0, 0.1) is 0 Å². The van der Waals surface area contributed by atoms with Crippen molar-refractivity contribution in [1.29, 1.82) is 0 Å². The maximum Gasteiger partial charge on any atom is 0.237 e. The van der Waals surface area contributed by atoms with Gasteiger partial charge in [0, 0.05) is 49.4 Å². The molecular formula is C19H23N3O2S2. The monoisotopic (exact) mass is 389 g/mol. The van der Waals surface area contributed by atoms with Crippen LogP contribution in [0.25, 0.3) is 0 Å². The molecule has 0 aromatic carbocycles. The number of carbonyl (C=O) groups excluding carboxylic acids is 2. The fourth-order valence-electron chi connectivity index (χ4n) is 3.84. The van der Waals surface area contributed by atoms with Crippen LogP contribution < -0.4 is 0 Å². The quantitative estimate of drug-likeness (QED) is 0.810. The lowest BCUT2D eigenvalue weighted by atomic mass is 9.98. The van der Waals surface area contributed by atoms with Gasteiger partial charge in [-0.05, 0) is 34.9 Å². The molecular weight excluding hydrogens is 366 g/mol. The van der Waals surface area contributed by atoms with E-state index in [2.05, 4.69) is 38.8 Å². The van der Waals surface area contributed by atoms with Crippen LogP contribution in [0.15, 0.2) is 29.0 Å². The number of rotatable bonds is 3. The van der Waals surface area contributed by atoms with Gasteiger partial charge in [-0.2, -0.15) is 0 Å². The highest BCUT2D eigenvalue weighted by Gasteiger charge is 2.34. The third-order valence-electron chi connectivity index (χ3n) is 5.28. The molecule has 5 nitrogen and oxygen atoms in total. The molecule has 4 heterocycles. The highest BCUT2D eigenvalue weighted by Crippen LogP contribution is 2.39. The van der Waals surface area contributed by atoms with Crippen LogP contribution in [0.4, 0.5) is 0 Å². The lowest BCUT2D eigenvalue weighted by Crippen LogP contribution is -2.52. The zero-order valence-corrected chi connectivity index (χ0v) is 16.5. The van der Waals surface area contributed by atoms with Gasteiger partial charge in [-0.15, -0.1) is 22.7 Å². The second-order valence-electron chi connectivity index (χ2n) is 6.84. The van der Waals surface area contributed by atoms with E-state index in [0.29, 0.717) is 19.6 Å². The summed E-state index contributed by atoms with van der Waals surface area (Å²) >= 11 is 3.52. The molecule has 1 unspecified atom stereocenters. The summed E-state index contributed by atoms with van der Waals surface area (Å²) in [5, 5.41) is 4.22. The molecule has 0 spiro atoms. The molecule has 1 fully saturated rings. The maximum atomic E-state index is 13.1. The van der Waals surface area contributed by atoms with E-state index in [1.54, 1.807) is 29.6 Å². The zero-order chi connectivity index (χ0) is 18.1. The second-order valence-corrected chi connectivity index (χ2v) is 8.82. The Labute approximate surface area is 161 Å². The largest absolute Gasteiger partial charge is 0.340 e. The Balaban J connectivity index is 1.48. The summed E-state index contributed by atoms with van der Waals surface area (Å²) in [6, 6.07) is 6.42. The van der Waals surface area contributed by atoms with E-state index in [4.69, 9.17) is 0 Å². The molecule has 26 heavy (non-hydrogen) atoms. The van der Waals surface area contributed by atoms with E-state index in [9.17, 15) is 9.59 Å². The number of carbonyl (C=O) groups is 2. The molecule has 4 rings (SSSR count). The average Bonchev–Trinajstić information content (AvgIpc) is 3.32. The van der Waals surface area contributed by atoms with E-state index in [-0.39, 0.29) is 17.9 Å². The Kier molecular flexibility index (Phi) is 5.11. The van der Waals surface area contributed by atoms with Crippen LogP contribution in [0.2, 0.25) is 0 Å². The van der Waals surface area contributed by atoms with Crippen molar-refractivity contribution in [2.75, 3.05) is 39.3 Å². The number of fused-ring (bicyclic) bond motifs is 1. The average molecular weight is 390 g/mol. The van der Waals surface area contributed by atoms with Gasteiger partial charge in [-0.3, -0.25) is 14.5 Å². The summed E-state index contributed by atoms with van der Waals surface area (Å²) in [7, 11) is 0. The minimum absolute atomic E-state index is 0.0519. The molecule has 2 aliphatic heterocycles. The molecule has 2 aromatic heterocycles. The molecule has 0 radical (unpaired) electrons. The smallest absolute Gasteiger partial charge is 0.237 e. The first-order chi connectivity index (χ1) is 12.6. The zero-order valence-electron chi connectivity index (χ0n) is 14.9. The summed E-state index contributed by atoms with van der Waals surface area (Å²) in [6.45, 7) is 5.80. The third-order valence-corrected chi connectivity index (χ3v) is 7.20. The highest BCUT2D eigenvalue weighted by molar-refractivity contribution is 7.10. The van der Waals surface area contributed by atoms with Crippen LogP contribution in [0.1, 0.15) is 28.3 Å². The van der Waals surface area contributed by atoms with Gasteiger partial charge in [-0.1, -0.05) is 6.07 Å². The molecule has 1 atom stereocenters. The summed E-state index contributed by atoms with van der Waals surface area (Å²) in [5.74, 6) is 0.311. The van der Waals surface area contributed by atoms with Crippen molar-refractivity contribution >= 4 is 34.5 Å². The van der Waals surface area contributed by atoms with Crippen LogP contribution in [-0.4, -0.2) is 65.8 Å². The van der Waals surface area contributed by atoms with E-state index >= 15 is 0 Å². The van der Waals surface area contributed by atoms with Crippen LogP contribution in [0.3, 0.4) is 0 Å². The van der Waals surface area contributed by atoms with Gasteiger partial charge in [0.2, 0.25) is 11.8 Å². The van der Waals surface area contributed by atoms with Crippen molar-refractivity contribution in [3.05, 3.63) is 44.3 Å². The standard InChI is InChI=1S/C19H23N3O2S2/c1-14(23)21-9-7-20(8-10-21)13-18(24)22-6-4-16-15(5-12-26-16)19(22)17-3-2-11-25-17/h2-3,5,11-12,19H,4,6-10,13H2,1H3. The first-order valence-electron chi connectivity index (χ1n) is 9.00. The molecule has 0 N–H and O–H groups in total. The van der Waals surface area contributed by atoms with Gasteiger partial charge in [0.15, 0.2) is 0 Å². The van der Waals surface area contributed by atoms with Crippen LogP contribution in [-0.2, 0) is 16.0 Å². The van der Waals surface area contributed by atoms with Gasteiger partial charge in [0.05, 0.1) is 12.6 Å². The SMILES string of the molecule is CC(=O)N1CCN(CC(=O)N2CCc3sccc3C2c2cccs2)CC1. The first-order valence-corrected chi connectivity index (χ1v) is 10.8. The lowest BCUT2D eigenvalue weighted by Gasteiger charge is -2.38. The third kappa shape index (κ3) is 3.43. The minimum Gasteiger partial charge on any atom is -0.340 e. The molecule has 7 heteroatoms. The second kappa shape index (κ2) is 7.50. The first kappa shape index (κ1) is 17.7. The fraction of sp³-hybridized carbons (Fsp3) is 0.474. The molecule has 2 amide bonds. The van der Waals surface area contributed by atoms with E-state index < -0.39 is 0 Å². The summed E-state index contributed by atoms with van der Waals surface area (Å²) < 4.78 is 0. The fourth-order valence-corrected chi connectivity index (χ4v) is 5.60. The normalized spacial score (nSPS) is 20.9. The summed E-state index contributed by atoms with van der Waals surface area (Å²) in [5.41, 5.74) is 1.29. The molecule has 0 bridgehead atoms. The van der Waals surface area contributed by atoms with Gasteiger partial charge < -0.3 is 9.80 Å². The molecule has 2 aromatic rings. The maximum absolute atomic E-state index is 13.1. The van der Waals surface area contributed by atoms with Crippen LogP contribution >= 0.6 is 22.7 Å². The van der Waals surface area contributed by atoms with Crippen molar-refractivity contribution in [2.24, 2.45) is 0 Å². The topological polar surface area (TPSA) is 43.9 Å². The number of piperazine rings is 1. The molecule has 138 valence electrons. The van der Waals surface area contributed by atoms with Crippen molar-refractivity contribution in [3.63, 3.8) is 0 Å². The highest BCUT2D eigenvalue weighted by atomic mass is 32.1. The minimum atomic E-state index is 0.0519. The Bertz CT molecular complexity index is 779. The number of thiophene rings is 2. The predicted octanol–water partition coefficient (Wildman–Crippen LogP) is 2.45. The number of hydrogen-bond acceptors (Lipinski definition) is 5. The van der Waals surface area contributed by atoms with E-state index in [1.807, 2.05) is 4.90 Å². The van der Waals surface area contributed by atoms with Crippen molar-refractivity contribution in [2.45, 2.75) is 19.4 Å². The predicted molar refractivity (Wildman–Crippen MR) is 105 cm³/mol. The van der Waals surface area contributed by atoms with E-state index in [1.165, 1.54) is 15.3 Å². The molecule has 0 saturated carbocycles. The Hall–Kier alpha value is -1.70. The van der Waals surface area contributed by atoms with Gasteiger partial charge in [0.25, 0.3) is 0 Å². The van der Waals surface area contributed by atoms with Gasteiger partial charge >= 0.3 is 0 Å². The van der Waals surface area contributed by atoms with Gasteiger partial charge in [0.1, 0.15) is 0 Å². The summed E-state index contributed by atoms with van der Waals surface area (Å²) in [6.07, 6.45) is 0.943. The van der Waals surface area contributed by atoms with Crippen LogP contribution in [0.5, 0.6) is 0 Å². The Morgan fingerprint density at radius 3 is 2.58 bits per heavy atom.